The fourth-order valence-corrected chi connectivity index (χ4v) is 1.52. The van der Waals surface area contributed by atoms with Crippen LogP contribution < -0.4 is 0 Å². The van der Waals surface area contributed by atoms with Crippen molar-refractivity contribution in [3.8, 4) is 0 Å². The molecule has 0 aliphatic rings. The van der Waals surface area contributed by atoms with Gasteiger partial charge in [-0.05, 0) is 0 Å². The summed E-state index contributed by atoms with van der Waals surface area (Å²) in [4.78, 5) is 0. The van der Waals surface area contributed by atoms with Crippen LogP contribution in [0.1, 0.15) is 6.42 Å². The highest BCUT2D eigenvalue weighted by Crippen LogP contribution is 2.62. The fraction of sp³-hybridized carbons (Fsp3) is 0.833. The van der Waals surface area contributed by atoms with E-state index >= 15 is 0 Å². The van der Waals surface area contributed by atoms with Crippen LogP contribution in [0.15, 0.2) is 12.7 Å². The molecule has 0 N–H and O–H groups in total. The molecular weight excluding hydrogens is 445 g/mol. The first-order valence-electron chi connectivity index (χ1n) is 6.58. The van der Waals surface area contributed by atoms with Gasteiger partial charge < -0.3 is 4.74 Å². The zero-order chi connectivity index (χ0) is 23.0. The Bertz CT molecular complexity index is 548. The van der Waals surface area contributed by atoms with Crippen molar-refractivity contribution < 1.29 is 70.6 Å². The van der Waals surface area contributed by atoms with E-state index < -0.39 is 61.3 Å². The second-order valence-electron chi connectivity index (χ2n) is 5.19. The summed E-state index contributed by atoms with van der Waals surface area (Å²) >= 11 is 0. The summed E-state index contributed by atoms with van der Waals surface area (Å²) in [6.07, 6.45) is -9.26. The Hall–Kier alpha value is -1.35. The van der Waals surface area contributed by atoms with E-state index in [4.69, 9.17) is 0 Å². The summed E-state index contributed by atoms with van der Waals surface area (Å²) in [5.74, 6) is -46.2. The lowest BCUT2D eigenvalue weighted by molar-refractivity contribution is -0.452. The van der Waals surface area contributed by atoms with Gasteiger partial charge in [-0.15, -0.1) is 6.58 Å². The summed E-state index contributed by atoms with van der Waals surface area (Å²) in [7, 11) is 0. The lowest BCUT2D eigenvalue weighted by Crippen LogP contribution is -2.72. The standard InChI is InChI=1S/C12H9F15O/c1-2-4-28-5-3-6(13,14)7(15,16)8(17,18)9(19,20)10(21,22)11(23,24)12(25,26)27/h2H,1,3-5H2. The molecule has 0 heterocycles. The summed E-state index contributed by atoms with van der Waals surface area (Å²) < 4.78 is 196. The lowest BCUT2D eigenvalue weighted by atomic mass is 9.90. The minimum atomic E-state index is -8.26. The van der Waals surface area contributed by atoms with E-state index in [0.29, 0.717) is 0 Å². The summed E-state index contributed by atoms with van der Waals surface area (Å²) in [6, 6.07) is 0. The van der Waals surface area contributed by atoms with Crippen LogP contribution in [0.4, 0.5) is 65.9 Å². The first-order chi connectivity index (χ1) is 12.1. The molecule has 1 nitrogen and oxygen atoms in total. The van der Waals surface area contributed by atoms with E-state index in [1.807, 2.05) is 0 Å². The number of halogens is 15. The lowest BCUT2D eigenvalue weighted by Gasteiger charge is -2.41. The molecule has 0 saturated carbocycles. The summed E-state index contributed by atoms with van der Waals surface area (Å²) in [6.45, 7) is 0.801. The molecule has 0 spiro atoms. The second kappa shape index (κ2) is 7.48. The normalized spacial score (nSPS) is 15.7. The van der Waals surface area contributed by atoms with E-state index in [0.717, 1.165) is 6.08 Å². The van der Waals surface area contributed by atoms with Crippen LogP contribution in [0.25, 0.3) is 0 Å². The third kappa shape index (κ3) is 3.87. The maximum atomic E-state index is 13.3. The Labute approximate surface area is 146 Å². The van der Waals surface area contributed by atoms with Crippen molar-refractivity contribution in [3.63, 3.8) is 0 Å². The Morgan fingerprint density at radius 2 is 0.929 bits per heavy atom. The van der Waals surface area contributed by atoms with Crippen molar-refractivity contribution in [1.29, 1.82) is 0 Å². The van der Waals surface area contributed by atoms with E-state index in [1.165, 1.54) is 0 Å². The number of alkyl halides is 15. The molecule has 0 amide bonds. The molecule has 168 valence electrons. The van der Waals surface area contributed by atoms with Gasteiger partial charge in [-0.3, -0.25) is 0 Å². The van der Waals surface area contributed by atoms with Gasteiger partial charge in [-0.2, -0.15) is 65.9 Å². The maximum absolute atomic E-state index is 13.3. The van der Waals surface area contributed by atoms with Crippen LogP contribution in [-0.2, 0) is 4.74 Å². The van der Waals surface area contributed by atoms with Crippen molar-refractivity contribution >= 4 is 0 Å². The van der Waals surface area contributed by atoms with Crippen LogP contribution in [0.5, 0.6) is 0 Å². The van der Waals surface area contributed by atoms with Gasteiger partial charge in [-0.25, -0.2) is 0 Å². The van der Waals surface area contributed by atoms with Gasteiger partial charge in [0.15, 0.2) is 0 Å². The highest BCUT2D eigenvalue weighted by atomic mass is 19.4. The molecule has 0 radical (unpaired) electrons. The van der Waals surface area contributed by atoms with Crippen molar-refractivity contribution in [3.05, 3.63) is 12.7 Å². The quantitative estimate of drug-likeness (QED) is 0.225. The zero-order valence-corrected chi connectivity index (χ0v) is 13.0. The zero-order valence-electron chi connectivity index (χ0n) is 13.0. The largest absolute Gasteiger partial charge is 0.460 e. The minimum Gasteiger partial charge on any atom is -0.377 e. The molecule has 0 atom stereocenters. The number of rotatable bonds is 10. The number of ether oxygens (including phenoxy) is 1. The molecule has 0 aliphatic carbocycles. The molecule has 16 heteroatoms. The smallest absolute Gasteiger partial charge is 0.377 e. The monoisotopic (exact) mass is 454 g/mol. The Balaban J connectivity index is 6.13. The average Bonchev–Trinajstić information content (AvgIpc) is 2.49. The Kier molecular flexibility index (Phi) is 7.12. The van der Waals surface area contributed by atoms with Gasteiger partial charge in [0.05, 0.1) is 13.2 Å². The van der Waals surface area contributed by atoms with Crippen LogP contribution >= 0.6 is 0 Å². The van der Waals surface area contributed by atoms with Crippen LogP contribution in [-0.4, -0.2) is 54.9 Å². The molecule has 0 rings (SSSR count). The van der Waals surface area contributed by atoms with E-state index in [-0.39, 0.29) is 0 Å². The molecule has 0 aromatic heterocycles. The Morgan fingerprint density at radius 1 is 0.571 bits per heavy atom. The fourth-order valence-electron chi connectivity index (χ4n) is 1.52. The highest BCUT2D eigenvalue weighted by molar-refractivity contribution is 5.12. The molecule has 0 saturated heterocycles. The Morgan fingerprint density at radius 3 is 1.29 bits per heavy atom. The van der Waals surface area contributed by atoms with Crippen LogP contribution in [0, 0.1) is 0 Å². The molecule has 0 bridgehead atoms. The van der Waals surface area contributed by atoms with Gasteiger partial charge in [0.1, 0.15) is 0 Å². The first kappa shape index (κ1) is 26.6. The van der Waals surface area contributed by atoms with Crippen molar-refractivity contribution in [1.82, 2.24) is 0 Å². The van der Waals surface area contributed by atoms with E-state index in [9.17, 15) is 65.9 Å². The van der Waals surface area contributed by atoms with E-state index in [2.05, 4.69) is 11.3 Å². The maximum Gasteiger partial charge on any atom is 0.460 e. The van der Waals surface area contributed by atoms with Gasteiger partial charge in [-0.1, -0.05) is 6.08 Å². The topological polar surface area (TPSA) is 9.23 Å². The summed E-state index contributed by atoms with van der Waals surface area (Å²) in [5, 5.41) is 0. The SMILES string of the molecule is C=CCOCCC(F)(F)C(F)(F)C(F)(F)C(F)(F)C(F)(F)C(F)(F)C(F)(F)F. The molecule has 0 aromatic rings. The molecule has 0 unspecified atom stereocenters. The van der Waals surface area contributed by atoms with Crippen LogP contribution in [0.2, 0.25) is 0 Å². The number of hydrogen-bond donors (Lipinski definition) is 0. The van der Waals surface area contributed by atoms with Crippen molar-refractivity contribution in [2.75, 3.05) is 13.2 Å². The second-order valence-corrected chi connectivity index (χ2v) is 5.19. The number of hydrogen-bond acceptors (Lipinski definition) is 1. The molecule has 0 fully saturated rings. The van der Waals surface area contributed by atoms with E-state index in [1.54, 1.807) is 0 Å². The first-order valence-corrected chi connectivity index (χ1v) is 6.58. The molecule has 28 heavy (non-hydrogen) atoms. The highest BCUT2D eigenvalue weighted by Gasteiger charge is 2.93. The third-order valence-electron chi connectivity index (χ3n) is 3.19. The van der Waals surface area contributed by atoms with Gasteiger partial charge in [0.2, 0.25) is 0 Å². The molecule has 0 aliphatic heterocycles. The molecule has 0 aromatic carbocycles. The third-order valence-corrected chi connectivity index (χ3v) is 3.19. The average molecular weight is 454 g/mol. The van der Waals surface area contributed by atoms with Gasteiger partial charge >= 0.3 is 41.7 Å². The molecular formula is C12H9F15O. The minimum absolute atomic E-state index is 0.621. The van der Waals surface area contributed by atoms with Crippen LogP contribution in [0.3, 0.4) is 0 Å². The predicted octanol–water partition coefficient (Wildman–Crippen LogP) is 5.95. The van der Waals surface area contributed by atoms with Gasteiger partial charge in [0, 0.05) is 6.42 Å². The predicted molar refractivity (Wildman–Crippen MR) is 61.4 cm³/mol. The summed E-state index contributed by atoms with van der Waals surface area (Å²) in [5.41, 5.74) is 0. The van der Waals surface area contributed by atoms with Gasteiger partial charge in [0.25, 0.3) is 0 Å². The van der Waals surface area contributed by atoms with Crippen molar-refractivity contribution in [2.45, 2.75) is 48.1 Å². The van der Waals surface area contributed by atoms with Crippen molar-refractivity contribution in [2.24, 2.45) is 0 Å².